The molecule has 0 amide bonds. The molecule has 1 rings (SSSR count). The van der Waals surface area contributed by atoms with Crippen molar-refractivity contribution in [3.8, 4) is 0 Å². The first-order valence-electron chi connectivity index (χ1n) is 5.92. The van der Waals surface area contributed by atoms with E-state index < -0.39 is 22.7 Å². The second-order valence-electron chi connectivity index (χ2n) is 4.51. The number of sulfonamides is 1. The van der Waals surface area contributed by atoms with Gasteiger partial charge in [0.25, 0.3) is 0 Å². The maximum Gasteiger partial charge on any atom is 0.402 e. The van der Waals surface area contributed by atoms with Crippen molar-refractivity contribution in [3.05, 3.63) is 29.3 Å². The van der Waals surface area contributed by atoms with Gasteiger partial charge in [0.2, 0.25) is 10.0 Å². The number of rotatable bonds is 5. The highest BCUT2D eigenvalue weighted by Gasteiger charge is 2.37. The van der Waals surface area contributed by atoms with E-state index in [-0.39, 0.29) is 18.0 Å². The van der Waals surface area contributed by atoms with Gasteiger partial charge in [0, 0.05) is 13.1 Å². The molecule has 0 aromatic heterocycles. The lowest BCUT2D eigenvalue weighted by molar-refractivity contribution is -0.136. The summed E-state index contributed by atoms with van der Waals surface area (Å²) in [5, 5.41) is 0. The van der Waals surface area contributed by atoms with Crippen molar-refractivity contribution in [1.82, 2.24) is 4.31 Å². The summed E-state index contributed by atoms with van der Waals surface area (Å²) in [6.07, 6.45) is -4.61. The smallest absolute Gasteiger partial charge is 0.329 e. The topological polar surface area (TPSA) is 63.4 Å². The average Bonchev–Trinajstić information content (AvgIpc) is 2.30. The number of benzene rings is 1. The Morgan fingerprint density at radius 1 is 1.25 bits per heavy atom. The molecule has 0 atom stereocenters. The molecule has 0 saturated carbocycles. The lowest BCUT2D eigenvalue weighted by Crippen LogP contribution is -2.41. The number of nitrogens with two attached hydrogens (primary N) is 1. The molecule has 0 saturated heterocycles. The molecule has 0 aliphatic heterocycles. The fourth-order valence-electron chi connectivity index (χ4n) is 1.75. The normalized spacial score (nSPS) is 12.9. The Bertz CT molecular complexity index is 571. The zero-order chi connectivity index (χ0) is 15.6. The van der Waals surface area contributed by atoms with Crippen LogP contribution in [0.1, 0.15) is 11.1 Å². The quantitative estimate of drug-likeness (QED) is 0.902. The monoisotopic (exact) mass is 310 g/mol. The van der Waals surface area contributed by atoms with Crippen molar-refractivity contribution in [2.24, 2.45) is 5.73 Å². The van der Waals surface area contributed by atoms with Gasteiger partial charge in [0.05, 0.1) is 4.90 Å². The third-order valence-electron chi connectivity index (χ3n) is 2.70. The predicted molar refractivity (Wildman–Crippen MR) is 69.8 cm³/mol. The molecule has 114 valence electrons. The Labute approximate surface area is 116 Å². The number of aryl methyl sites for hydroxylation is 2. The Hall–Kier alpha value is -1.12. The molecule has 4 nitrogen and oxygen atoms in total. The molecular weight excluding hydrogens is 293 g/mol. The number of halogens is 3. The van der Waals surface area contributed by atoms with Gasteiger partial charge in [0.1, 0.15) is 6.54 Å². The van der Waals surface area contributed by atoms with Crippen LogP contribution in [-0.2, 0) is 10.0 Å². The Morgan fingerprint density at radius 2 is 1.85 bits per heavy atom. The molecule has 1 aromatic carbocycles. The first-order chi connectivity index (χ1) is 9.08. The molecule has 1 aromatic rings. The van der Waals surface area contributed by atoms with Crippen molar-refractivity contribution in [3.63, 3.8) is 0 Å². The van der Waals surface area contributed by atoms with E-state index in [1.807, 2.05) is 0 Å². The van der Waals surface area contributed by atoms with Crippen LogP contribution in [0.15, 0.2) is 23.1 Å². The zero-order valence-electron chi connectivity index (χ0n) is 11.2. The number of hydrogen-bond donors (Lipinski definition) is 1. The van der Waals surface area contributed by atoms with E-state index in [1.54, 1.807) is 26.0 Å². The number of alkyl halides is 3. The molecule has 0 bridgehead atoms. The molecule has 0 spiro atoms. The largest absolute Gasteiger partial charge is 0.402 e. The summed E-state index contributed by atoms with van der Waals surface area (Å²) in [5.41, 5.74) is 6.28. The molecular formula is C12H17F3N2O2S. The second-order valence-corrected chi connectivity index (χ2v) is 6.42. The third kappa shape index (κ3) is 4.19. The van der Waals surface area contributed by atoms with Gasteiger partial charge < -0.3 is 5.73 Å². The minimum Gasteiger partial charge on any atom is -0.329 e. The van der Waals surface area contributed by atoms with Crippen molar-refractivity contribution >= 4 is 10.0 Å². The summed E-state index contributed by atoms with van der Waals surface area (Å²) in [6, 6.07) is 4.63. The summed E-state index contributed by atoms with van der Waals surface area (Å²) in [7, 11) is -4.22. The van der Waals surface area contributed by atoms with Gasteiger partial charge in [-0.1, -0.05) is 12.1 Å². The molecule has 0 aliphatic carbocycles. The van der Waals surface area contributed by atoms with Crippen LogP contribution in [0.5, 0.6) is 0 Å². The zero-order valence-corrected chi connectivity index (χ0v) is 12.1. The maximum absolute atomic E-state index is 12.5. The van der Waals surface area contributed by atoms with Crippen molar-refractivity contribution in [2.75, 3.05) is 19.6 Å². The highest BCUT2D eigenvalue weighted by atomic mass is 32.2. The Balaban J connectivity index is 3.26. The van der Waals surface area contributed by atoms with E-state index >= 15 is 0 Å². The van der Waals surface area contributed by atoms with Crippen LogP contribution in [0, 0.1) is 13.8 Å². The molecule has 0 aliphatic rings. The van der Waals surface area contributed by atoms with Gasteiger partial charge in [0.15, 0.2) is 0 Å². The standard InChI is InChI=1S/C12H17F3N2O2S/c1-9-3-4-10(2)11(7-9)20(18,19)17(6-5-16)8-12(13,14)15/h3-4,7H,5-6,8,16H2,1-2H3. The van der Waals surface area contributed by atoms with E-state index in [0.717, 1.165) is 0 Å². The summed E-state index contributed by atoms with van der Waals surface area (Å²) in [5.74, 6) is 0. The first kappa shape index (κ1) is 16.9. The second kappa shape index (κ2) is 6.11. The molecule has 0 unspecified atom stereocenters. The van der Waals surface area contributed by atoms with Gasteiger partial charge in [-0.2, -0.15) is 17.5 Å². The number of nitrogens with zero attached hydrogens (tertiary/aromatic N) is 1. The van der Waals surface area contributed by atoms with Crippen LogP contribution in [0.4, 0.5) is 13.2 Å². The fourth-order valence-corrected chi connectivity index (χ4v) is 3.50. The summed E-state index contributed by atoms with van der Waals surface area (Å²) in [4.78, 5) is -0.116. The van der Waals surface area contributed by atoms with Gasteiger partial charge in [-0.15, -0.1) is 0 Å². The van der Waals surface area contributed by atoms with Crippen molar-refractivity contribution < 1.29 is 21.6 Å². The molecule has 20 heavy (non-hydrogen) atoms. The maximum atomic E-state index is 12.5. The lowest BCUT2D eigenvalue weighted by atomic mass is 10.2. The van der Waals surface area contributed by atoms with E-state index in [2.05, 4.69) is 0 Å². The molecule has 2 N–H and O–H groups in total. The lowest BCUT2D eigenvalue weighted by Gasteiger charge is -2.23. The van der Waals surface area contributed by atoms with Crippen molar-refractivity contribution in [2.45, 2.75) is 24.9 Å². The SMILES string of the molecule is Cc1ccc(C)c(S(=O)(=O)N(CCN)CC(F)(F)F)c1. The van der Waals surface area contributed by atoms with Crippen LogP contribution >= 0.6 is 0 Å². The summed E-state index contributed by atoms with van der Waals surface area (Å²) in [6.45, 7) is 1.12. The minimum absolute atomic E-state index is 0.116. The Kier molecular flexibility index (Phi) is 5.17. The van der Waals surface area contributed by atoms with Crippen molar-refractivity contribution in [1.29, 1.82) is 0 Å². The Morgan fingerprint density at radius 3 is 2.35 bits per heavy atom. The third-order valence-corrected chi connectivity index (χ3v) is 4.68. The van der Waals surface area contributed by atoms with Gasteiger partial charge in [-0.05, 0) is 31.0 Å². The van der Waals surface area contributed by atoms with Gasteiger partial charge in [-0.25, -0.2) is 8.42 Å². The molecule has 0 heterocycles. The van der Waals surface area contributed by atoms with E-state index in [0.29, 0.717) is 15.4 Å². The van der Waals surface area contributed by atoms with Gasteiger partial charge >= 0.3 is 6.18 Å². The molecule has 8 heteroatoms. The molecule has 0 radical (unpaired) electrons. The average molecular weight is 310 g/mol. The molecule has 0 fully saturated rings. The predicted octanol–water partition coefficient (Wildman–Crippen LogP) is 1.82. The van der Waals surface area contributed by atoms with Crippen LogP contribution < -0.4 is 5.73 Å². The van der Waals surface area contributed by atoms with Gasteiger partial charge in [-0.3, -0.25) is 0 Å². The highest BCUT2D eigenvalue weighted by Crippen LogP contribution is 2.25. The summed E-state index contributed by atoms with van der Waals surface area (Å²) >= 11 is 0. The fraction of sp³-hybridized carbons (Fsp3) is 0.500. The van der Waals surface area contributed by atoms with E-state index in [4.69, 9.17) is 5.73 Å². The van der Waals surface area contributed by atoms with E-state index in [9.17, 15) is 21.6 Å². The summed E-state index contributed by atoms with van der Waals surface area (Å²) < 4.78 is 62.6. The van der Waals surface area contributed by atoms with E-state index in [1.165, 1.54) is 6.07 Å². The highest BCUT2D eigenvalue weighted by molar-refractivity contribution is 7.89. The first-order valence-corrected chi connectivity index (χ1v) is 7.36. The number of hydrogen-bond acceptors (Lipinski definition) is 3. The van der Waals surface area contributed by atoms with Crippen LogP contribution in [0.25, 0.3) is 0 Å². The minimum atomic E-state index is -4.61. The van der Waals surface area contributed by atoms with Crippen LogP contribution in [0.2, 0.25) is 0 Å². The van der Waals surface area contributed by atoms with Crippen LogP contribution in [0.3, 0.4) is 0 Å². The van der Waals surface area contributed by atoms with Crippen LogP contribution in [-0.4, -0.2) is 38.5 Å².